The normalized spacial score (nSPS) is 12.4. The van der Waals surface area contributed by atoms with Gasteiger partial charge >= 0.3 is 0 Å². The molecule has 21 heavy (non-hydrogen) atoms. The molecule has 3 nitrogen and oxygen atoms in total. The van der Waals surface area contributed by atoms with Crippen LogP contribution in [0.3, 0.4) is 0 Å². The lowest BCUT2D eigenvalue weighted by molar-refractivity contribution is 0.319. The van der Waals surface area contributed by atoms with Gasteiger partial charge in [0.2, 0.25) is 0 Å². The average Bonchev–Trinajstić information content (AvgIpc) is 2.98. The lowest BCUT2D eigenvalue weighted by Crippen LogP contribution is -2.16. The van der Waals surface area contributed by atoms with E-state index < -0.39 is 0 Å². The highest BCUT2D eigenvalue weighted by atomic mass is 32.1. The van der Waals surface area contributed by atoms with Crippen molar-refractivity contribution < 1.29 is 4.74 Å². The second kappa shape index (κ2) is 7.36. The minimum Gasteiger partial charge on any atom is -0.491 e. The quantitative estimate of drug-likeness (QED) is 0.713. The molecule has 1 heterocycles. The second-order valence-corrected chi connectivity index (χ2v) is 6.43. The predicted octanol–water partition coefficient (Wildman–Crippen LogP) is 4.93. The van der Waals surface area contributed by atoms with Crippen LogP contribution in [-0.4, -0.2) is 6.61 Å². The first-order valence-corrected chi connectivity index (χ1v) is 8.32. The SMILES string of the molecule is CCCOc1cccc(NC(c2cccs2)C(C)C)c1N. The number of ether oxygens (including phenoxy) is 1. The summed E-state index contributed by atoms with van der Waals surface area (Å²) < 4.78 is 5.70. The summed E-state index contributed by atoms with van der Waals surface area (Å²) in [6.45, 7) is 7.20. The van der Waals surface area contributed by atoms with Crippen LogP contribution >= 0.6 is 11.3 Å². The molecule has 0 aliphatic heterocycles. The standard InChI is InChI=1S/C17H24N2OS/c1-4-10-20-14-8-5-7-13(16(14)18)19-17(12(2)3)15-9-6-11-21-15/h5-9,11-12,17,19H,4,10,18H2,1-3H3. The Labute approximate surface area is 131 Å². The van der Waals surface area contributed by atoms with Crippen molar-refractivity contribution in [2.45, 2.75) is 33.2 Å². The molecule has 0 radical (unpaired) electrons. The van der Waals surface area contributed by atoms with Crippen molar-refractivity contribution in [1.82, 2.24) is 0 Å². The zero-order valence-corrected chi connectivity index (χ0v) is 13.7. The van der Waals surface area contributed by atoms with E-state index in [0.717, 1.165) is 17.9 Å². The van der Waals surface area contributed by atoms with E-state index in [1.54, 1.807) is 11.3 Å². The van der Waals surface area contributed by atoms with Gasteiger partial charge in [-0.1, -0.05) is 32.9 Å². The van der Waals surface area contributed by atoms with Gasteiger partial charge in [-0.3, -0.25) is 0 Å². The van der Waals surface area contributed by atoms with Crippen molar-refractivity contribution >= 4 is 22.7 Å². The average molecular weight is 304 g/mol. The molecule has 1 aromatic heterocycles. The van der Waals surface area contributed by atoms with E-state index in [9.17, 15) is 0 Å². The second-order valence-electron chi connectivity index (χ2n) is 5.45. The molecule has 0 saturated carbocycles. The van der Waals surface area contributed by atoms with Gasteiger partial charge < -0.3 is 15.8 Å². The molecule has 3 N–H and O–H groups in total. The number of hydrogen-bond acceptors (Lipinski definition) is 4. The number of para-hydroxylation sites is 1. The van der Waals surface area contributed by atoms with Gasteiger partial charge in [0.25, 0.3) is 0 Å². The van der Waals surface area contributed by atoms with Gasteiger partial charge in [-0.25, -0.2) is 0 Å². The van der Waals surface area contributed by atoms with Crippen LogP contribution in [0, 0.1) is 5.92 Å². The van der Waals surface area contributed by atoms with E-state index in [0.29, 0.717) is 18.2 Å². The summed E-state index contributed by atoms with van der Waals surface area (Å²) in [5.74, 6) is 1.24. The van der Waals surface area contributed by atoms with Gasteiger partial charge in [-0.05, 0) is 35.9 Å². The van der Waals surface area contributed by atoms with Crippen LogP contribution in [0.2, 0.25) is 0 Å². The summed E-state index contributed by atoms with van der Waals surface area (Å²) >= 11 is 1.77. The number of nitrogens with one attached hydrogen (secondary N) is 1. The maximum atomic E-state index is 6.24. The Morgan fingerprint density at radius 2 is 2.05 bits per heavy atom. The van der Waals surface area contributed by atoms with Crippen molar-refractivity contribution in [1.29, 1.82) is 0 Å². The molecule has 0 bridgehead atoms. The highest BCUT2D eigenvalue weighted by Crippen LogP contribution is 2.35. The summed E-state index contributed by atoms with van der Waals surface area (Å²) in [7, 11) is 0. The van der Waals surface area contributed by atoms with E-state index >= 15 is 0 Å². The number of nitrogen functional groups attached to an aromatic ring is 1. The van der Waals surface area contributed by atoms with E-state index in [2.05, 4.69) is 43.6 Å². The van der Waals surface area contributed by atoms with Crippen LogP contribution in [0.15, 0.2) is 35.7 Å². The first-order chi connectivity index (χ1) is 10.1. The lowest BCUT2D eigenvalue weighted by Gasteiger charge is -2.24. The van der Waals surface area contributed by atoms with E-state index in [-0.39, 0.29) is 6.04 Å². The summed E-state index contributed by atoms with van der Waals surface area (Å²) in [5.41, 5.74) is 7.87. The summed E-state index contributed by atoms with van der Waals surface area (Å²) in [6, 6.07) is 10.4. The first-order valence-electron chi connectivity index (χ1n) is 7.44. The third kappa shape index (κ3) is 3.91. The Balaban J connectivity index is 2.21. The van der Waals surface area contributed by atoms with E-state index in [1.165, 1.54) is 4.88 Å². The van der Waals surface area contributed by atoms with Crippen LogP contribution in [0.5, 0.6) is 5.75 Å². The largest absolute Gasteiger partial charge is 0.491 e. The Kier molecular flexibility index (Phi) is 5.51. The maximum Gasteiger partial charge on any atom is 0.144 e. The fourth-order valence-electron chi connectivity index (χ4n) is 2.21. The first kappa shape index (κ1) is 15.7. The highest BCUT2D eigenvalue weighted by molar-refractivity contribution is 7.10. The summed E-state index contributed by atoms with van der Waals surface area (Å²) in [5, 5.41) is 5.68. The van der Waals surface area contributed by atoms with Gasteiger partial charge in [-0.15, -0.1) is 11.3 Å². The molecule has 1 unspecified atom stereocenters. The molecule has 0 spiro atoms. The van der Waals surface area contributed by atoms with Crippen molar-refractivity contribution in [3.63, 3.8) is 0 Å². The Bertz CT molecular complexity index is 552. The fraction of sp³-hybridized carbons (Fsp3) is 0.412. The smallest absolute Gasteiger partial charge is 0.144 e. The lowest BCUT2D eigenvalue weighted by atomic mass is 10.0. The molecule has 0 amide bonds. The van der Waals surface area contributed by atoms with E-state index in [1.807, 2.05) is 18.2 Å². The fourth-order valence-corrected chi connectivity index (χ4v) is 3.16. The predicted molar refractivity (Wildman–Crippen MR) is 92.2 cm³/mol. The van der Waals surface area contributed by atoms with Gasteiger partial charge in [-0.2, -0.15) is 0 Å². The van der Waals surface area contributed by atoms with Crippen LogP contribution in [0.4, 0.5) is 11.4 Å². The van der Waals surface area contributed by atoms with Crippen molar-refractivity contribution in [2.24, 2.45) is 5.92 Å². The van der Waals surface area contributed by atoms with Gasteiger partial charge in [0.05, 0.1) is 24.0 Å². The topological polar surface area (TPSA) is 47.3 Å². The molecule has 114 valence electrons. The maximum absolute atomic E-state index is 6.24. The number of nitrogens with two attached hydrogens (primary N) is 1. The van der Waals surface area contributed by atoms with Gasteiger partial charge in [0, 0.05) is 4.88 Å². The third-order valence-electron chi connectivity index (χ3n) is 3.36. The zero-order chi connectivity index (χ0) is 15.2. The van der Waals surface area contributed by atoms with Gasteiger partial charge in [0.1, 0.15) is 5.75 Å². The molecule has 0 aliphatic rings. The van der Waals surface area contributed by atoms with Crippen molar-refractivity contribution in [3.05, 3.63) is 40.6 Å². The highest BCUT2D eigenvalue weighted by Gasteiger charge is 2.18. The minimum absolute atomic E-state index is 0.258. The molecule has 1 atom stereocenters. The van der Waals surface area contributed by atoms with E-state index in [4.69, 9.17) is 10.5 Å². The molecule has 1 aromatic carbocycles. The Morgan fingerprint density at radius 3 is 2.67 bits per heavy atom. The van der Waals surface area contributed by atoms with Crippen LogP contribution in [0.1, 0.15) is 38.1 Å². The monoisotopic (exact) mass is 304 g/mol. The number of thiophene rings is 1. The third-order valence-corrected chi connectivity index (χ3v) is 4.31. The molecule has 0 saturated heterocycles. The number of anilines is 2. The Hall–Kier alpha value is -1.68. The number of rotatable bonds is 7. The van der Waals surface area contributed by atoms with Crippen molar-refractivity contribution in [2.75, 3.05) is 17.7 Å². The zero-order valence-electron chi connectivity index (χ0n) is 12.9. The molecule has 2 aromatic rings. The van der Waals surface area contributed by atoms with Gasteiger partial charge in [0.15, 0.2) is 0 Å². The summed E-state index contributed by atoms with van der Waals surface area (Å²) in [6.07, 6.45) is 0.973. The molecule has 0 aliphatic carbocycles. The van der Waals surface area contributed by atoms with Crippen LogP contribution in [-0.2, 0) is 0 Å². The molecule has 0 fully saturated rings. The van der Waals surface area contributed by atoms with Crippen LogP contribution in [0.25, 0.3) is 0 Å². The Morgan fingerprint density at radius 1 is 1.24 bits per heavy atom. The molecular formula is C17H24N2OS. The molecule has 4 heteroatoms. The number of hydrogen-bond donors (Lipinski definition) is 2. The van der Waals surface area contributed by atoms with Crippen molar-refractivity contribution in [3.8, 4) is 5.75 Å². The molecular weight excluding hydrogens is 280 g/mol. The summed E-state index contributed by atoms with van der Waals surface area (Å²) in [4.78, 5) is 1.32. The molecule has 2 rings (SSSR count). The minimum atomic E-state index is 0.258. The number of benzene rings is 1. The van der Waals surface area contributed by atoms with Crippen LogP contribution < -0.4 is 15.8 Å².